The Labute approximate surface area is 114 Å². The van der Waals surface area contributed by atoms with Crippen LogP contribution in [-0.4, -0.2) is 58.8 Å². The van der Waals surface area contributed by atoms with Gasteiger partial charge in [0.25, 0.3) is 0 Å². The molecule has 0 spiro atoms. The number of rotatable bonds is 8. The third kappa shape index (κ3) is 5.35. The van der Waals surface area contributed by atoms with Gasteiger partial charge in [-0.05, 0) is 13.0 Å². The van der Waals surface area contributed by atoms with E-state index in [9.17, 15) is 0 Å². The van der Waals surface area contributed by atoms with E-state index in [2.05, 4.69) is 26.8 Å². The second-order valence-electron chi connectivity index (χ2n) is 4.66. The van der Waals surface area contributed by atoms with Gasteiger partial charge in [-0.1, -0.05) is 13.3 Å². The molecule has 0 fully saturated rings. The van der Waals surface area contributed by atoms with Crippen LogP contribution in [-0.2, 0) is 6.54 Å². The Morgan fingerprint density at radius 1 is 1.16 bits per heavy atom. The topological polar surface area (TPSA) is 91.4 Å². The third-order valence-electron chi connectivity index (χ3n) is 2.70. The standard InChI is InChI=1S/C12H24N6O/c1-4-5-6-18(7-8-19)9-10-14-11(13)16-12(15-10)17(2)3/h19H,4-9H2,1-3H3,(H2,13,14,15,16). The first-order chi connectivity index (χ1) is 9.06. The van der Waals surface area contributed by atoms with E-state index in [0.29, 0.717) is 24.9 Å². The lowest BCUT2D eigenvalue weighted by Gasteiger charge is -2.20. The smallest absolute Gasteiger partial charge is 0.229 e. The Morgan fingerprint density at radius 3 is 2.47 bits per heavy atom. The van der Waals surface area contributed by atoms with E-state index >= 15 is 0 Å². The van der Waals surface area contributed by atoms with Gasteiger partial charge in [-0.15, -0.1) is 0 Å². The van der Waals surface area contributed by atoms with Crippen molar-refractivity contribution in [2.75, 3.05) is 44.4 Å². The molecule has 0 aliphatic rings. The Bertz CT molecular complexity index is 384. The van der Waals surface area contributed by atoms with Crippen LogP contribution in [0.15, 0.2) is 0 Å². The average molecular weight is 268 g/mol. The summed E-state index contributed by atoms with van der Waals surface area (Å²) in [5.41, 5.74) is 5.69. The lowest BCUT2D eigenvalue weighted by Crippen LogP contribution is -2.29. The number of hydrogen-bond acceptors (Lipinski definition) is 7. The molecular formula is C12H24N6O. The second kappa shape index (κ2) is 7.85. The van der Waals surface area contributed by atoms with Gasteiger partial charge in [0.05, 0.1) is 13.2 Å². The van der Waals surface area contributed by atoms with Gasteiger partial charge in [0.15, 0.2) is 0 Å². The molecule has 1 heterocycles. The zero-order valence-corrected chi connectivity index (χ0v) is 12.0. The molecular weight excluding hydrogens is 244 g/mol. The van der Waals surface area contributed by atoms with Gasteiger partial charge in [-0.3, -0.25) is 4.90 Å². The fourth-order valence-electron chi connectivity index (χ4n) is 1.69. The van der Waals surface area contributed by atoms with Gasteiger partial charge in [0, 0.05) is 20.6 Å². The maximum atomic E-state index is 9.08. The number of anilines is 2. The van der Waals surface area contributed by atoms with Crippen molar-refractivity contribution in [3.8, 4) is 0 Å². The largest absolute Gasteiger partial charge is 0.395 e. The van der Waals surface area contributed by atoms with E-state index < -0.39 is 0 Å². The summed E-state index contributed by atoms with van der Waals surface area (Å²) in [7, 11) is 3.72. The molecule has 3 N–H and O–H groups in total. The summed E-state index contributed by atoms with van der Waals surface area (Å²) in [4.78, 5) is 16.5. The summed E-state index contributed by atoms with van der Waals surface area (Å²) in [6.07, 6.45) is 2.20. The number of nitrogen functional groups attached to an aromatic ring is 1. The number of aliphatic hydroxyl groups is 1. The van der Waals surface area contributed by atoms with Crippen molar-refractivity contribution in [1.29, 1.82) is 0 Å². The van der Waals surface area contributed by atoms with Crippen molar-refractivity contribution in [2.24, 2.45) is 0 Å². The lowest BCUT2D eigenvalue weighted by atomic mass is 10.3. The first kappa shape index (κ1) is 15.6. The Hall–Kier alpha value is -1.47. The van der Waals surface area contributed by atoms with Crippen molar-refractivity contribution < 1.29 is 5.11 Å². The summed E-state index contributed by atoms with van der Waals surface area (Å²) in [5.74, 6) is 1.43. The van der Waals surface area contributed by atoms with E-state index in [1.807, 2.05) is 14.1 Å². The highest BCUT2D eigenvalue weighted by Gasteiger charge is 2.10. The minimum atomic E-state index is 0.130. The van der Waals surface area contributed by atoms with Crippen LogP contribution < -0.4 is 10.6 Å². The number of aromatic nitrogens is 3. The van der Waals surface area contributed by atoms with Crippen LogP contribution in [0.3, 0.4) is 0 Å². The molecule has 0 bridgehead atoms. The molecule has 0 radical (unpaired) electrons. The molecule has 0 atom stereocenters. The number of nitrogens with zero attached hydrogens (tertiary/aromatic N) is 5. The van der Waals surface area contributed by atoms with Crippen molar-refractivity contribution in [1.82, 2.24) is 19.9 Å². The van der Waals surface area contributed by atoms with Gasteiger partial charge >= 0.3 is 0 Å². The van der Waals surface area contributed by atoms with E-state index in [1.165, 1.54) is 0 Å². The molecule has 0 aliphatic heterocycles. The molecule has 0 aromatic carbocycles. The molecule has 0 saturated carbocycles. The number of nitrogens with two attached hydrogens (primary N) is 1. The summed E-state index contributed by atoms with van der Waals surface area (Å²) in [5, 5.41) is 9.08. The number of aliphatic hydroxyl groups excluding tert-OH is 1. The third-order valence-corrected chi connectivity index (χ3v) is 2.70. The molecule has 1 aromatic rings. The van der Waals surface area contributed by atoms with Crippen molar-refractivity contribution >= 4 is 11.9 Å². The van der Waals surface area contributed by atoms with Gasteiger partial charge in [-0.25, -0.2) is 0 Å². The molecule has 0 unspecified atom stereocenters. The zero-order valence-electron chi connectivity index (χ0n) is 12.0. The average Bonchev–Trinajstić information content (AvgIpc) is 2.35. The molecule has 108 valence electrons. The van der Waals surface area contributed by atoms with Crippen LogP contribution in [0, 0.1) is 0 Å². The molecule has 0 amide bonds. The predicted molar refractivity (Wildman–Crippen MR) is 75.8 cm³/mol. The first-order valence-corrected chi connectivity index (χ1v) is 6.57. The molecule has 1 aromatic heterocycles. The summed E-state index contributed by atoms with van der Waals surface area (Å²) in [6, 6.07) is 0. The highest BCUT2D eigenvalue weighted by atomic mass is 16.3. The summed E-state index contributed by atoms with van der Waals surface area (Å²) in [6.45, 7) is 4.38. The minimum Gasteiger partial charge on any atom is -0.395 e. The summed E-state index contributed by atoms with van der Waals surface area (Å²) < 4.78 is 0. The quantitative estimate of drug-likeness (QED) is 0.691. The van der Waals surface area contributed by atoms with E-state index in [0.717, 1.165) is 19.4 Å². The number of hydrogen-bond donors (Lipinski definition) is 2. The predicted octanol–water partition coefficient (Wildman–Crippen LogP) is 0.114. The van der Waals surface area contributed by atoms with Crippen LogP contribution in [0.25, 0.3) is 0 Å². The van der Waals surface area contributed by atoms with Gasteiger partial charge in [0.2, 0.25) is 11.9 Å². The van der Waals surface area contributed by atoms with E-state index in [1.54, 1.807) is 4.90 Å². The van der Waals surface area contributed by atoms with Crippen LogP contribution in [0.1, 0.15) is 25.6 Å². The molecule has 0 saturated heterocycles. The molecule has 7 nitrogen and oxygen atoms in total. The fraction of sp³-hybridized carbons (Fsp3) is 0.750. The number of unbranched alkanes of at least 4 members (excludes halogenated alkanes) is 1. The molecule has 1 rings (SSSR count). The lowest BCUT2D eigenvalue weighted by molar-refractivity contribution is 0.185. The van der Waals surface area contributed by atoms with Gasteiger partial charge in [-0.2, -0.15) is 15.0 Å². The van der Waals surface area contributed by atoms with Gasteiger partial charge < -0.3 is 15.7 Å². The molecule has 19 heavy (non-hydrogen) atoms. The van der Waals surface area contributed by atoms with Crippen LogP contribution in [0.4, 0.5) is 11.9 Å². The van der Waals surface area contributed by atoms with E-state index in [4.69, 9.17) is 10.8 Å². The summed E-state index contributed by atoms with van der Waals surface area (Å²) >= 11 is 0. The fourth-order valence-corrected chi connectivity index (χ4v) is 1.69. The van der Waals surface area contributed by atoms with E-state index in [-0.39, 0.29) is 12.6 Å². The maximum absolute atomic E-state index is 9.08. The Balaban J connectivity index is 2.77. The van der Waals surface area contributed by atoms with Crippen molar-refractivity contribution in [3.63, 3.8) is 0 Å². The highest BCUT2D eigenvalue weighted by Crippen LogP contribution is 2.08. The minimum absolute atomic E-state index is 0.130. The first-order valence-electron chi connectivity index (χ1n) is 6.57. The van der Waals surface area contributed by atoms with Crippen LogP contribution in [0.5, 0.6) is 0 Å². The monoisotopic (exact) mass is 268 g/mol. The van der Waals surface area contributed by atoms with Crippen molar-refractivity contribution in [3.05, 3.63) is 5.82 Å². The second-order valence-corrected chi connectivity index (χ2v) is 4.66. The molecule has 0 aliphatic carbocycles. The molecule has 7 heteroatoms. The van der Waals surface area contributed by atoms with Crippen molar-refractivity contribution in [2.45, 2.75) is 26.3 Å². The SMILES string of the molecule is CCCCN(CCO)Cc1nc(N)nc(N(C)C)n1. The van der Waals surface area contributed by atoms with Crippen LogP contribution >= 0.6 is 0 Å². The Kier molecular flexibility index (Phi) is 6.44. The Morgan fingerprint density at radius 2 is 1.89 bits per heavy atom. The maximum Gasteiger partial charge on any atom is 0.229 e. The van der Waals surface area contributed by atoms with Gasteiger partial charge in [0.1, 0.15) is 5.82 Å². The van der Waals surface area contributed by atoms with Crippen LogP contribution in [0.2, 0.25) is 0 Å². The zero-order chi connectivity index (χ0) is 14.3. The normalized spacial score (nSPS) is 11.0. The highest BCUT2D eigenvalue weighted by molar-refractivity contribution is 5.32.